The lowest BCUT2D eigenvalue weighted by Crippen LogP contribution is -2.39. The van der Waals surface area contributed by atoms with Crippen LogP contribution in [0.2, 0.25) is 0 Å². The minimum atomic E-state index is -0.345. The van der Waals surface area contributed by atoms with Crippen LogP contribution in [0.5, 0.6) is 0 Å². The van der Waals surface area contributed by atoms with E-state index in [0.29, 0.717) is 12.8 Å². The van der Waals surface area contributed by atoms with Gasteiger partial charge >= 0.3 is 0 Å². The first-order valence-corrected chi connectivity index (χ1v) is 6.41. The number of aromatic nitrogens is 2. The van der Waals surface area contributed by atoms with Gasteiger partial charge in [0, 0.05) is 6.42 Å². The summed E-state index contributed by atoms with van der Waals surface area (Å²) in [6.07, 6.45) is 2.56. The quantitative estimate of drug-likeness (QED) is 0.643. The normalized spacial score (nSPS) is 20.2. The molecule has 0 saturated carbocycles. The molecule has 0 spiro atoms. The fraction of sp³-hybridized carbons (Fsp3) is 0.250. The zero-order valence-electron chi connectivity index (χ0n) is 9.39. The SMILES string of the molecule is O=C1CCC(c2ncn3c(Br)cccc23)C(=O)N1. The molecule has 0 aromatic carbocycles. The number of pyridine rings is 1. The molecule has 2 amide bonds. The van der Waals surface area contributed by atoms with Crippen LogP contribution in [0, 0.1) is 0 Å². The van der Waals surface area contributed by atoms with E-state index in [9.17, 15) is 9.59 Å². The highest BCUT2D eigenvalue weighted by Gasteiger charge is 2.30. The lowest BCUT2D eigenvalue weighted by molar-refractivity contribution is -0.134. The minimum absolute atomic E-state index is 0.207. The second-order valence-corrected chi connectivity index (χ2v) is 5.05. The number of carbonyl (C=O) groups is 2. The first-order valence-electron chi connectivity index (χ1n) is 5.62. The van der Waals surface area contributed by atoms with Gasteiger partial charge < -0.3 is 0 Å². The largest absolute Gasteiger partial charge is 0.296 e. The van der Waals surface area contributed by atoms with E-state index in [1.54, 1.807) is 6.33 Å². The number of nitrogens with one attached hydrogen (secondary N) is 1. The molecule has 1 fully saturated rings. The molecule has 1 N–H and O–H groups in total. The van der Waals surface area contributed by atoms with Gasteiger partial charge in [0.25, 0.3) is 0 Å². The van der Waals surface area contributed by atoms with Crippen molar-refractivity contribution in [2.24, 2.45) is 0 Å². The van der Waals surface area contributed by atoms with Crippen molar-refractivity contribution in [3.05, 3.63) is 34.8 Å². The number of piperidine rings is 1. The molecule has 0 aliphatic carbocycles. The molecule has 1 saturated heterocycles. The number of fused-ring (bicyclic) bond motifs is 1. The Kier molecular flexibility index (Phi) is 2.66. The smallest absolute Gasteiger partial charge is 0.235 e. The first-order chi connectivity index (χ1) is 8.66. The van der Waals surface area contributed by atoms with Crippen molar-refractivity contribution in [2.75, 3.05) is 0 Å². The van der Waals surface area contributed by atoms with Crippen molar-refractivity contribution in [1.29, 1.82) is 0 Å². The van der Waals surface area contributed by atoms with E-state index < -0.39 is 0 Å². The van der Waals surface area contributed by atoms with Crippen LogP contribution in [0.4, 0.5) is 0 Å². The number of hydrogen-bond donors (Lipinski definition) is 1. The van der Waals surface area contributed by atoms with E-state index in [1.165, 1.54) is 0 Å². The third-order valence-corrected chi connectivity index (χ3v) is 3.77. The van der Waals surface area contributed by atoms with Crippen LogP contribution in [0.15, 0.2) is 29.1 Å². The summed E-state index contributed by atoms with van der Waals surface area (Å²) in [5, 5.41) is 2.36. The lowest BCUT2D eigenvalue weighted by Gasteiger charge is -2.19. The van der Waals surface area contributed by atoms with E-state index in [2.05, 4.69) is 26.2 Å². The summed E-state index contributed by atoms with van der Waals surface area (Å²) in [4.78, 5) is 27.3. The number of nitrogens with zero attached hydrogens (tertiary/aromatic N) is 2. The zero-order valence-corrected chi connectivity index (χ0v) is 11.0. The van der Waals surface area contributed by atoms with Gasteiger partial charge in [-0.1, -0.05) is 6.07 Å². The van der Waals surface area contributed by atoms with Crippen LogP contribution in [0.1, 0.15) is 24.5 Å². The maximum Gasteiger partial charge on any atom is 0.235 e. The maximum absolute atomic E-state index is 11.8. The summed E-state index contributed by atoms with van der Waals surface area (Å²) in [7, 11) is 0. The van der Waals surface area contributed by atoms with Crippen molar-refractivity contribution < 1.29 is 9.59 Å². The second-order valence-electron chi connectivity index (χ2n) is 4.24. The van der Waals surface area contributed by atoms with Crippen LogP contribution in [0.3, 0.4) is 0 Å². The number of imidazole rings is 1. The molecule has 1 unspecified atom stereocenters. The summed E-state index contributed by atoms with van der Waals surface area (Å²) >= 11 is 3.43. The molecule has 2 aromatic rings. The van der Waals surface area contributed by atoms with Crippen molar-refractivity contribution in [3.8, 4) is 0 Å². The summed E-state index contributed by atoms with van der Waals surface area (Å²) in [6, 6.07) is 5.72. The Bertz CT molecular complexity index is 650. The molecule has 18 heavy (non-hydrogen) atoms. The molecule has 3 rings (SSSR count). The van der Waals surface area contributed by atoms with Gasteiger partial charge in [-0.2, -0.15) is 0 Å². The average molecular weight is 308 g/mol. The topological polar surface area (TPSA) is 63.5 Å². The van der Waals surface area contributed by atoms with E-state index in [4.69, 9.17) is 0 Å². The number of halogens is 1. The van der Waals surface area contributed by atoms with Crippen LogP contribution < -0.4 is 5.32 Å². The molecular weight excluding hydrogens is 298 g/mol. The molecular formula is C12H10BrN3O2. The van der Waals surface area contributed by atoms with Crippen molar-refractivity contribution in [1.82, 2.24) is 14.7 Å². The highest BCUT2D eigenvalue weighted by molar-refractivity contribution is 9.10. The van der Waals surface area contributed by atoms with Crippen LogP contribution in [-0.4, -0.2) is 21.2 Å². The fourth-order valence-electron chi connectivity index (χ4n) is 2.23. The Balaban J connectivity index is 2.07. The molecule has 3 heterocycles. The van der Waals surface area contributed by atoms with E-state index in [0.717, 1.165) is 15.8 Å². The third kappa shape index (κ3) is 1.73. The summed E-state index contributed by atoms with van der Waals surface area (Å²) in [6.45, 7) is 0. The molecule has 92 valence electrons. The van der Waals surface area contributed by atoms with Gasteiger partial charge in [-0.15, -0.1) is 0 Å². The van der Waals surface area contributed by atoms with Crippen molar-refractivity contribution >= 4 is 33.3 Å². The van der Waals surface area contributed by atoms with Crippen LogP contribution in [0.25, 0.3) is 5.52 Å². The molecule has 5 nitrogen and oxygen atoms in total. The maximum atomic E-state index is 11.8. The van der Waals surface area contributed by atoms with Gasteiger partial charge in [0.1, 0.15) is 6.33 Å². The number of hydrogen-bond acceptors (Lipinski definition) is 3. The fourth-order valence-corrected chi connectivity index (χ4v) is 2.66. The Morgan fingerprint density at radius 1 is 1.39 bits per heavy atom. The third-order valence-electron chi connectivity index (χ3n) is 3.12. The number of carbonyl (C=O) groups excluding carboxylic acids is 2. The molecule has 1 atom stereocenters. The highest BCUT2D eigenvalue weighted by Crippen LogP contribution is 2.28. The molecule has 0 radical (unpaired) electrons. The Hall–Kier alpha value is -1.69. The number of amides is 2. The molecule has 6 heteroatoms. The van der Waals surface area contributed by atoms with Crippen LogP contribution >= 0.6 is 15.9 Å². The van der Waals surface area contributed by atoms with Gasteiger partial charge in [0.2, 0.25) is 11.8 Å². The summed E-state index contributed by atoms with van der Waals surface area (Å²) in [5.41, 5.74) is 1.61. The Labute approximate surface area is 111 Å². The molecule has 2 aromatic heterocycles. The van der Waals surface area contributed by atoms with E-state index in [-0.39, 0.29) is 17.7 Å². The predicted octanol–water partition coefficient (Wildman–Crippen LogP) is 1.62. The summed E-state index contributed by atoms with van der Waals surface area (Å²) in [5.74, 6) is -0.810. The molecule has 1 aliphatic heterocycles. The standard InChI is InChI=1S/C12H10BrN3O2/c13-9-3-1-2-8-11(14-6-16(8)9)7-4-5-10(17)15-12(7)18/h1-3,6-7H,4-5H2,(H,15,17,18). The van der Waals surface area contributed by atoms with Crippen molar-refractivity contribution in [3.63, 3.8) is 0 Å². The second kappa shape index (κ2) is 4.20. The Morgan fingerprint density at radius 2 is 2.22 bits per heavy atom. The van der Waals surface area contributed by atoms with E-state index >= 15 is 0 Å². The zero-order chi connectivity index (χ0) is 12.7. The summed E-state index contributed by atoms with van der Waals surface area (Å²) < 4.78 is 2.75. The van der Waals surface area contributed by atoms with Gasteiger partial charge in [-0.3, -0.25) is 19.3 Å². The predicted molar refractivity (Wildman–Crippen MR) is 68.0 cm³/mol. The van der Waals surface area contributed by atoms with Crippen LogP contribution in [-0.2, 0) is 9.59 Å². The monoisotopic (exact) mass is 307 g/mol. The molecule has 0 bridgehead atoms. The Morgan fingerprint density at radius 3 is 3.00 bits per heavy atom. The average Bonchev–Trinajstić information content (AvgIpc) is 2.74. The molecule has 1 aliphatic rings. The van der Waals surface area contributed by atoms with Gasteiger partial charge in [-0.25, -0.2) is 4.98 Å². The lowest BCUT2D eigenvalue weighted by atomic mass is 9.94. The number of rotatable bonds is 1. The van der Waals surface area contributed by atoms with E-state index in [1.807, 2.05) is 22.6 Å². The van der Waals surface area contributed by atoms with Gasteiger partial charge in [0.05, 0.1) is 21.7 Å². The van der Waals surface area contributed by atoms with Gasteiger partial charge in [0.15, 0.2) is 0 Å². The number of imide groups is 1. The minimum Gasteiger partial charge on any atom is -0.296 e. The highest BCUT2D eigenvalue weighted by atomic mass is 79.9. The first kappa shape index (κ1) is 11.4. The van der Waals surface area contributed by atoms with Crippen molar-refractivity contribution in [2.45, 2.75) is 18.8 Å². The van der Waals surface area contributed by atoms with Gasteiger partial charge in [-0.05, 0) is 34.5 Å².